The number of hydrogen-bond donors (Lipinski definition) is 3. The highest BCUT2D eigenvalue weighted by Crippen LogP contribution is 2.13. The Morgan fingerprint density at radius 2 is 1.28 bits per heavy atom. The van der Waals surface area contributed by atoms with Crippen molar-refractivity contribution in [2.75, 3.05) is 18.4 Å². The molecule has 0 saturated heterocycles. The van der Waals surface area contributed by atoms with Crippen molar-refractivity contribution < 1.29 is 14.4 Å². The predicted octanol–water partition coefficient (Wildman–Crippen LogP) is 4.10. The van der Waals surface area contributed by atoms with Gasteiger partial charge in [0.25, 0.3) is 11.8 Å². The Hall–Kier alpha value is -3.45. The maximum atomic E-state index is 12.3. The molecule has 32 heavy (non-hydrogen) atoms. The Morgan fingerprint density at radius 3 is 1.94 bits per heavy atom. The Morgan fingerprint density at radius 1 is 0.719 bits per heavy atom. The summed E-state index contributed by atoms with van der Waals surface area (Å²) in [4.78, 5) is 36.5. The van der Waals surface area contributed by atoms with E-state index in [9.17, 15) is 14.4 Å². The maximum Gasteiger partial charge on any atom is 0.255 e. The molecule has 3 amide bonds. The molecular weight excluding hydrogens is 470 g/mol. The average Bonchev–Trinajstić information content (AvgIpc) is 2.79. The Bertz CT molecular complexity index is 1080. The second-order valence-corrected chi connectivity index (χ2v) is 8.22. The molecular formula is C25H24BrN3O3. The zero-order chi connectivity index (χ0) is 22.9. The van der Waals surface area contributed by atoms with Crippen LogP contribution in [-0.4, -0.2) is 30.8 Å². The molecule has 0 unspecified atom stereocenters. The minimum Gasteiger partial charge on any atom is -0.354 e. The molecule has 3 aromatic carbocycles. The number of carbonyl (C=O) groups is 3. The van der Waals surface area contributed by atoms with Crippen LogP contribution >= 0.6 is 15.9 Å². The van der Waals surface area contributed by atoms with Gasteiger partial charge in [0.2, 0.25) is 5.91 Å². The van der Waals surface area contributed by atoms with E-state index < -0.39 is 0 Å². The van der Waals surface area contributed by atoms with Gasteiger partial charge in [-0.25, -0.2) is 0 Å². The van der Waals surface area contributed by atoms with E-state index in [0.717, 1.165) is 15.6 Å². The first-order valence-corrected chi connectivity index (χ1v) is 11.0. The summed E-state index contributed by atoms with van der Waals surface area (Å²) in [6.07, 6.45) is 0.289. The lowest BCUT2D eigenvalue weighted by Crippen LogP contribution is -2.35. The maximum absolute atomic E-state index is 12.3. The van der Waals surface area contributed by atoms with E-state index in [1.807, 2.05) is 43.3 Å². The Balaban J connectivity index is 1.40. The monoisotopic (exact) mass is 493 g/mol. The number of benzene rings is 3. The van der Waals surface area contributed by atoms with Crippen molar-refractivity contribution >= 4 is 39.3 Å². The second kappa shape index (κ2) is 11.2. The molecule has 0 aliphatic heterocycles. The van der Waals surface area contributed by atoms with Crippen LogP contribution in [0.3, 0.4) is 0 Å². The zero-order valence-corrected chi connectivity index (χ0v) is 19.2. The number of carbonyl (C=O) groups excluding carboxylic acids is 3. The highest BCUT2D eigenvalue weighted by atomic mass is 79.9. The first-order chi connectivity index (χ1) is 15.4. The molecule has 0 fully saturated rings. The molecule has 7 heteroatoms. The number of rotatable bonds is 8. The van der Waals surface area contributed by atoms with Crippen molar-refractivity contribution in [1.29, 1.82) is 0 Å². The average molecular weight is 494 g/mol. The van der Waals surface area contributed by atoms with Gasteiger partial charge in [-0.2, -0.15) is 0 Å². The molecule has 0 bridgehead atoms. The van der Waals surface area contributed by atoms with E-state index >= 15 is 0 Å². The quantitative estimate of drug-likeness (QED) is 0.412. The van der Waals surface area contributed by atoms with E-state index in [4.69, 9.17) is 0 Å². The highest BCUT2D eigenvalue weighted by molar-refractivity contribution is 9.10. The third-order valence-electron chi connectivity index (χ3n) is 4.73. The van der Waals surface area contributed by atoms with Crippen molar-refractivity contribution in [2.45, 2.75) is 13.3 Å². The lowest BCUT2D eigenvalue weighted by Gasteiger charge is -2.09. The standard InChI is InChI=1S/C25H24BrN3O3/c1-17-2-6-20(7-3-17)25(32)29-22-12-8-19(9-13-22)24(31)28-15-14-27-23(30)16-18-4-10-21(26)11-5-18/h2-13H,14-16H2,1H3,(H,27,30)(H,28,31)(H,29,32). The fourth-order valence-electron chi connectivity index (χ4n) is 2.94. The van der Waals surface area contributed by atoms with Crippen LogP contribution in [0.15, 0.2) is 77.3 Å². The fraction of sp³-hybridized carbons (Fsp3) is 0.160. The van der Waals surface area contributed by atoms with Crippen LogP contribution < -0.4 is 16.0 Å². The number of amides is 3. The number of hydrogen-bond acceptors (Lipinski definition) is 3. The summed E-state index contributed by atoms with van der Waals surface area (Å²) >= 11 is 3.36. The first kappa shape index (κ1) is 23.2. The SMILES string of the molecule is Cc1ccc(C(=O)Nc2ccc(C(=O)NCCNC(=O)Cc3ccc(Br)cc3)cc2)cc1. The van der Waals surface area contributed by atoms with Crippen LogP contribution in [0, 0.1) is 6.92 Å². The van der Waals surface area contributed by atoms with Gasteiger partial charge in [0.15, 0.2) is 0 Å². The summed E-state index contributed by atoms with van der Waals surface area (Å²) in [6, 6.07) is 21.5. The third kappa shape index (κ3) is 7.06. The Kier molecular flexibility index (Phi) is 8.16. The van der Waals surface area contributed by atoms with Gasteiger partial charge in [-0.15, -0.1) is 0 Å². The number of halogens is 1. The zero-order valence-electron chi connectivity index (χ0n) is 17.7. The van der Waals surface area contributed by atoms with E-state index in [-0.39, 0.29) is 24.1 Å². The largest absolute Gasteiger partial charge is 0.354 e. The molecule has 164 valence electrons. The summed E-state index contributed by atoms with van der Waals surface area (Å²) in [5, 5.41) is 8.37. The minimum atomic E-state index is -0.247. The van der Waals surface area contributed by atoms with Gasteiger partial charge in [-0.3, -0.25) is 14.4 Å². The van der Waals surface area contributed by atoms with Crippen LogP contribution in [0.2, 0.25) is 0 Å². The van der Waals surface area contributed by atoms with Gasteiger partial charge in [-0.1, -0.05) is 45.8 Å². The van der Waals surface area contributed by atoms with Crippen molar-refractivity contribution in [3.63, 3.8) is 0 Å². The van der Waals surface area contributed by atoms with Crippen LogP contribution in [0.25, 0.3) is 0 Å². The van der Waals surface area contributed by atoms with Crippen LogP contribution in [0.1, 0.15) is 31.8 Å². The van der Waals surface area contributed by atoms with Gasteiger partial charge in [0.1, 0.15) is 0 Å². The number of nitrogens with one attached hydrogen (secondary N) is 3. The molecule has 0 heterocycles. The molecule has 0 spiro atoms. The molecule has 0 aliphatic carbocycles. The summed E-state index contributed by atoms with van der Waals surface area (Å²) in [7, 11) is 0. The second-order valence-electron chi connectivity index (χ2n) is 7.31. The lowest BCUT2D eigenvalue weighted by molar-refractivity contribution is -0.120. The number of anilines is 1. The summed E-state index contributed by atoms with van der Waals surface area (Å²) < 4.78 is 0.964. The van der Waals surface area contributed by atoms with Crippen LogP contribution in [0.5, 0.6) is 0 Å². The number of aryl methyl sites for hydroxylation is 1. The van der Waals surface area contributed by atoms with E-state index in [2.05, 4.69) is 31.9 Å². The lowest BCUT2D eigenvalue weighted by atomic mass is 10.1. The Labute approximate surface area is 195 Å². The van der Waals surface area contributed by atoms with Gasteiger partial charge < -0.3 is 16.0 Å². The van der Waals surface area contributed by atoms with Crippen molar-refractivity contribution in [1.82, 2.24) is 10.6 Å². The highest BCUT2D eigenvalue weighted by Gasteiger charge is 2.09. The summed E-state index contributed by atoms with van der Waals surface area (Å²) in [5.74, 6) is -0.556. The van der Waals surface area contributed by atoms with E-state index in [1.54, 1.807) is 36.4 Å². The molecule has 0 saturated carbocycles. The first-order valence-electron chi connectivity index (χ1n) is 10.2. The summed E-state index contributed by atoms with van der Waals surface area (Å²) in [5.41, 5.74) is 3.65. The molecule has 0 atom stereocenters. The minimum absolute atomic E-state index is 0.102. The predicted molar refractivity (Wildman–Crippen MR) is 129 cm³/mol. The normalized spacial score (nSPS) is 10.3. The smallest absolute Gasteiger partial charge is 0.255 e. The molecule has 0 aromatic heterocycles. The van der Waals surface area contributed by atoms with Crippen molar-refractivity contribution in [3.05, 3.63) is 99.5 Å². The fourth-order valence-corrected chi connectivity index (χ4v) is 3.21. The topological polar surface area (TPSA) is 87.3 Å². The van der Waals surface area contributed by atoms with Gasteiger partial charge in [0.05, 0.1) is 6.42 Å². The van der Waals surface area contributed by atoms with Gasteiger partial charge in [0, 0.05) is 34.4 Å². The molecule has 0 aliphatic rings. The third-order valence-corrected chi connectivity index (χ3v) is 5.26. The van der Waals surface area contributed by atoms with Gasteiger partial charge in [-0.05, 0) is 61.0 Å². The summed E-state index contributed by atoms with van der Waals surface area (Å²) in [6.45, 7) is 2.62. The molecule has 3 rings (SSSR count). The van der Waals surface area contributed by atoms with Crippen molar-refractivity contribution in [3.8, 4) is 0 Å². The van der Waals surface area contributed by atoms with Gasteiger partial charge >= 0.3 is 0 Å². The van der Waals surface area contributed by atoms with E-state index in [0.29, 0.717) is 29.9 Å². The van der Waals surface area contributed by atoms with Crippen LogP contribution in [0.4, 0.5) is 5.69 Å². The molecule has 6 nitrogen and oxygen atoms in total. The van der Waals surface area contributed by atoms with E-state index in [1.165, 1.54) is 0 Å². The van der Waals surface area contributed by atoms with Crippen LogP contribution in [-0.2, 0) is 11.2 Å². The molecule has 3 N–H and O–H groups in total. The van der Waals surface area contributed by atoms with Crippen molar-refractivity contribution in [2.24, 2.45) is 0 Å². The molecule has 3 aromatic rings. The molecule has 0 radical (unpaired) electrons.